The summed E-state index contributed by atoms with van der Waals surface area (Å²) in [5, 5.41) is 13.0. The number of nitrogens with zero attached hydrogens (tertiary/aromatic N) is 6. The van der Waals surface area contributed by atoms with E-state index >= 15 is 0 Å². The van der Waals surface area contributed by atoms with Crippen molar-refractivity contribution in [3.8, 4) is 22.6 Å². The second-order valence-electron chi connectivity index (χ2n) is 7.60. The molecule has 0 radical (unpaired) electrons. The van der Waals surface area contributed by atoms with Crippen LogP contribution in [0.2, 0.25) is 0 Å². The molecule has 0 aliphatic carbocycles. The number of H-pyrrole nitrogens is 1. The molecule has 4 aromatic rings. The molecule has 0 saturated carbocycles. The largest absolute Gasteiger partial charge is 0.372 e. The molecule has 148 valence electrons. The molecule has 1 aliphatic heterocycles. The Balaban J connectivity index is 1.55. The summed E-state index contributed by atoms with van der Waals surface area (Å²) in [6.07, 6.45) is 3.76. The minimum Gasteiger partial charge on any atom is -0.372 e. The second kappa shape index (κ2) is 6.97. The van der Waals surface area contributed by atoms with Crippen molar-refractivity contribution in [3.63, 3.8) is 0 Å². The van der Waals surface area contributed by atoms with Crippen LogP contribution < -0.4 is 4.90 Å². The predicted molar refractivity (Wildman–Crippen MR) is 112 cm³/mol. The van der Waals surface area contributed by atoms with Crippen molar-refractivity contribution in [2.24, 2.45) is 7.05 Å². The topological polar surface area (TPSA) is 84.8 Å². The van der Waals surface area contributed by atoms with Gasteiger partial charge in [0, 0.05) is 43.4 Å². The fourth-order valence-electron chi connectivity index (χ4n) is 4.04. The highest BCUT2D eigenvalue weighted by Gasteiger charge is 2.24. The lowest BCUT2D eigenvalue weighted by Crippen LogP contribution is -2.45. The molecule has 0 amide bonds. The number of aromatic amines is 1. The number of hydrogen-bond acceptors (Lipinski definition) is 6. The van der Waals surface area contributed by atoms with Crippen molar-refractivity contribution in [2.75, 3.05) is 18.0 Å². The monoisotopic (exact) mass is 389 g/mol. The fourth-order valence-corrected chi connectivity index (χ4v) is 4.04. The molecule has 4 heterocycles. The van der Waals surface area contributed by atoms with Crippen LogP contribution >= 0.6 is 0 Å². The molecule has 1 fully saturated rings. The molecule has 0 bridgehead atoms. The van der Waals surface area contributed by atoms with E-state index in [-0.39, 0.29) is 12.2 Å². The third kappa shape index (κ3) is 3.25. The third-order valence-electron chi connectivity index (χ3n) is 5.32. The maximum absolute atomic E-state index is 5.85. The van der Waals surface area contributed by atoms with E-state index in [2.05, 4.69) is 56.1 Å². The summed E-state index contributed by atoms with van der Waals surface area (Å²) >= 11 is 0. The van der Waals surface area contributed by atoms with Gasteiger partial charge in [-0.1, -0.05) is 6.07 Å². The number of fused-ring (bicyclic) bond motifs is 1. The summed E-state index contributed by atoms with van der Waals surface area (Å²) in [4.78, 5) is 11.3. The Bertz CT molecular complexity index is 1150. The van der Waals surface area contributed by atoms with Gasteiger partial charge in [0.25, 0.3) is 0 Å². The fraction of sp³-hybridized carbons (Fsp3) is 0.333. The number of ether oxygens (including phenoxy) is 1. The van der Waals surface area contributed by atoms with Gasteiger partial charge in [0.1, 0.15) is 17.8 Å². The van der Waals surface area contributed by atoms with Gasteiger partial charge in [0.05, 0.1) is 29.1 Å². The number of rotatable bonds is 3. The number of aryl methyl sites for hydroxylation is 1. The van der Waals surface area contributed by atoms with Gasteiger partial charge in [-0.25, -0.2) is 9.97 Å². The summed E-state index contributed by atoms with van der Waals surface area (Å²) in [7, 11) is 1.94. The molecule has 8 heteroatoms. The van der Waals surface area contributed by atoms with Crippen molar-refractivity contribution < 1.29 is 4.74 Å². The summed E-state index contributed by atoms with van der Waals surface area (Å²) in [6, 6.07) is 10.3. The first-order chi connectivity index (χ1) is 14.1. The normalized spacial score (nSPS) is 19.8. The van der Waals surface area contributed by atoms with Crippen molar-refractivity contribution in [3.05, 3.63) is 42.9 Å². The number of morpholine rings is 1. The standard InChI is InChI=1S/C21H23N7O/c1-13-10-28(11-14(2)29-13)20-9-18(22-12-23-20)21-16-8-15(4-5-17(16)25-26-21)19-6-7-24-27(19)3/h4-9,12-14H,10-11H2,1-3H3,(H,25,26)/t13-,14+. The molecule has 2 atom stereocenters. The van der Waals surface area contributed by atoms with E-state index < -0.39 is 0 Å². The molecular formula is C21H23N7O. The van der Waals surface area contributed by atoms with E-state index in [0.717, 1.165) is 52.5 Å². The number of hydrogen-bond donors (Lipinski definition) is 1. The van der Waals surface area contributed by atoms with Gasteiger partial charge in [-0.3, -0.25) is 9.78 Å². The Morgan fingerprint density at radius 3 is 2.66 bits per heavy atom. The minimum absolute atomic E-state index is 0.171. The van der Waals surface area contributed by atoms with E-state index in [0.29, 0.717) is 0 Å². The van der Waals surface area contributed by atoms with Crippen molar-refractivity contribution >= 4 is 16.7 Å². The highest BCUT2D eigenvalue weighted by molar-refractivity contribution is 5.94. The van der Waals surface area contributed by atoms with Crippen LogP contribution in [0.5, 0.6) is 0 Å². The Kier molecular flexibility index (Phi) is 4.28. The van der Waals surface area contributed by atoms with E-state index in [1.54, 1.807) is 12.5 Å². The molecular weight excluding hydrogens is 366 g/mol. The minimum atomic E-state index is 0.171. The zero-order valence-electron chi connectivity index (χ0n) is 16.7. The molecule has 1 N–H and O–H groups in total. The zero-order chi connectivity index (χ0) is 20.0. The second-order valence-corrected chi connectivity index (χ2v) is 7.60. The summed E-state index contributed by atoms with van der Waals surface area (Å²) in [5.41, 5.74) is 4.74. The number of anilines is 1. The molecule has 8 nitrogen and oxygen atoms in total. The molecule has 0 spiro atoms. The van der Waals surface area contributed by atoms with E-state index in [9.17, 15) is 0 Å². The Hall–Kier alpha value is -3.26. The van der Waals surface area contributed by atoms with Crippen molar-refractivity contribution in [1.29, 1.82) is 0 Å². The van der Waals surface area contributed by atoms with Gasteiger partial charge in [0.15, 0.2) is 0 Å². The molecule has 1 saturated heterocycles. The lowest BCUT2D eigenvalue weighted by Gasteiger charge is -2.36. The maximum atomic E-state index is 5.85. The Labute approximate surface area is 168 Å². The van der Waals surface area contributed by atoms with Crippen LogP contribution in [0.25, 0.3) is 33.5 Å². The highest BCUT2D eigenvalue weighted by Crippen LogP contribution is 2.30. The third-order valence-corrected chi connectivity index (χ3v) is 5.32. The van der Waals surface area contributed by atoms with Gasteiger partial charge in [-0.05, 0) is 32.0 Å². The zero-order valence-corrected chi connectivity index (χ0v) is 16.7. The summed E-state index contributed by atoms with van der Waals surface area (Å²) in [6.45, 7) is 5.80. The van der Waals surface area contributed by atoms with Crippen LogP contribution in [-0.2, 0) is 11.8 Å². The lowest BCUT2D eigenvalue weighted by molar-refractivity contribution is -0.00546. The van der Waals surface area contributed by atoms with Crippen LogP contribution in [0.15, 0.2) is 42.9 Å². The van der Waals surface area contributed by atoms with Gasteiger partial charge < -0.3 is 9.64 Å². The number of benzene rings is 1. The summed E-state index contributed by atoms with van der Waals surface area (Å²) < 4.78 is 7.71. The Morgan fingerprint density at radius 2 is 1.90 bits per heavy atom. The quantitative estimate of drug-likeness (QED) is 0.580. The van der Waals surface area contributed by atoms with Gasteiger partial charge >= 0.3 is 0 Å². The highest BCUT2D eigenvalue weighted by atomic mass is 16.5. The van der Waals surface area contributed by atoms with E-state index in [1.165, 1.54) is 0 Å². The SMILES string of the molecule is C[C@@H]1CN(c2cc(-c3n[nH]c4ccc(-c5ccnn5C)cc34)ncn2)C[C@H](C)O1. The van der Waals surface area contributed by atoms with Crippen LogP contribution in [0.1, 0.15) is 13.8 Å². The smallest absolute Gasteiger partial charge is 0.132 e. The van der Waals surface area contributed by atoms with Gasteiger partial charge in [-0.2, -0.15) is 10.2 Å². The average Bonchev–Trinajstić information content (AvgIpc) is 3.33. The van der Waals surface area contributed by atoms with Crippen LogP contribution in [0, 0.1) is 0 Å². The van der Waals surface area contributed by atoms with Crippen LogP contribution in [0.3, 0.4) is 0 Å². The molecule has 1 aromatic carbocycles. The Morgan fingerprint density at radius 1 is 1.07 bits per heavy atom. The van der Waals surface area contributed by atoms with E-state index in [1.807, 2.05) is 29.9 Å². The maximum Gasteiger partial charge on any atom is 0.132 e. The van der Waals surface area contributed by atoms with E-state index in [4.69, 9.17) is 4.74 Å². The lowest BCUT2D eigenvalue weighted by atomic mass is 10.1. The molecule has 5 rings (SSSR count). The van der Waals surface area contributed by atoms with Crippen molar-refractivity contribution in [2.45, 2.75) is 26.1 Å². The summed E-state index contributed by atoms with van der Waals surface area (Å²) in [5.74, 6) is 0.899. The van der Waals surface area contributed by atoms with Crippen LogP contribution in [0.4, 0.5) is 5.82 Å². The molecule has 3 aromatic heterocycles. The van der Waals surface area contributed by atoms with Gasteiger partial charge in [-0.15, -0.1) is 0 Å². The number of nitrogens with one attached hydrogen (secondary N) is 1. The molecule has 29 heavy (non-hydrogen) atoms. The first-order valence-electron chi connectivity index (χ1n) is 9.78. The predicted octanol–water partition coefficient (Wildman–Crippen LogP) is 3.03. The average molecular weight is 389 g/mol. The number of aromatic nitrogens is 6. The first-order valence-corrected chi connectivity index (χ1v) is 9.78. The first kappa shape index (κ1) is 17.8. The molecule has 0 unspecified atom stereocenters. The van der Waals surface area contributed by atoms with Crippen LogP contribution in [-0.4, -0.2) is 55.2 Å². The molecule has 1 aliphatic rings. The van der Waals surface area contributed by atoms with Gasteiger partial charge in [0.2, 0.25) is 0 Å². The van der Waals surface area contributed by atoms with Crippen molar-refractivity contribution in [1.82, 2.24) is 29.9 Å².